The van der Waals surface area contributed by atoms with Gasteiger partial charge in [0.15, 0.2) is 12.0 Å². The summed E-state index contributed by atoms with van der Waals surface area (Å²) < 4.78 is 60.2. The van der Waals surface area contributed by atoms with Crippen molar-refractivity contribution in [3.8, 4) is 5.75 Å². The first kappa shape index (κ1) is 15.1. The second-order valence-electron chi connectivity index (χ2n) is 5.33. The maximum absolute atomic E-state index is 14.5. The molecule has 1 aliphatic heterocycles. The molecule has 8 heteroatoms. The van der Waals surface area contributed by atoms with Crippen LogP contribution in [-0.2, 0) is 10.9 Å². The van der Waals surface area contributed by atoms with E-state index in [1.165, 1.54) is 4.68 Å². The zero-order valence-corrected chi connectivity index (χ0v) is 11.7. The highest BCUT2D eigenvalue weighted by atomic mass is 19.4. The summed E-state index contributed by atoms with van der Waals surface area (Å²) in [5, 5.41) is 13.6. The Labute approximate surface area is 123 Å². The van der Waals surface area contributed by atoms with Crippen molar-refractivity contribution in [2.24, 2.45) is 0 Å². The predicted octanol–water partition coefficient (Wildman–Crippen LogP) is 3.91. The highest BCUT2D eigenvalue weighted by Crippen LogP contribution is 2.44. The molecule has 1 aromatic heterocycles. The smallest absolute Gasteiger partial charge is 0.420 e. The van der Waals surface area contributed by atoms with Crippen molar-refractivity contribution in [2.45, 2.75) is 38.6 Å². The maximum Gasteiger partial charge on any atom is 0.420 e. The number of fused-ring (bicyclic) bond motifs is 1. The van der Waals surface area contributed by atoms with Crippen LogP contribution in [0.2, 0.25) is 0 Å². The minimum absolute atomic E-state index is 0.157. The monoisotopic (exact) mass is 318 g/mol. The molecule has 2 heterocycles. The van der Waals surface area contributed by atoms with Gasteiger partial charge in [-0.05, 0) is 26.2 Å². The molecule has 120 valence electrons. The largest absolute Gasteiger partial charge is 0.507 e. The average Bonchev–Trinajstić information content (AvgIpc) is 2.90. The van der Waals surface area contributed by atoms with E-state index in [0.717, 1.165) is 26.0 Å². The highest BCUT2D eigenvalue weighted by molar-refractivity contribution is 5.88. The molecule has 2 aromatic rings. The summed E-state index contributed by atoms with van der Waals surface area (Å²) in [6.45, 7) is 1.48. The molecule has 4 nitrogen and oxygen atoms in total. The summed E-state index contributed by atoms with van der Waals surface area (Å²) in [6, 6.07) is 0. The van der Waals surface area contributed by atoms with Crippen LogP contribution < -0.4 is 0 Å². The fourth-order valence-corrected chi connectivity index (χ4v) is 2.84. The Balaban J connectivity index is 2.24. The van der Waals surface area contributed by atoms with Crippen molar-refractivity contribution in [2.75, 3.05) is 6.61 Å². The number of aromatic hydroxyl groups is 1. The van der Waals surface area contributed by atoms with Crippen LogP contribution in [0.4, 0.5) is 17.6 Å². The summed E-state index contributed by atoms with van der Waals surface area (Å²) in [5.74, 6) is -2.03. The van der Waals surface area contributed by atoms with Crippen LogP contribution in [0, 0.1) is 12.7 Å². The number of nitrogens with zero attached hydrogens (tertiary/aromatic N) is 2. The molecule has 1 fully saturated rings. The van der Waals surface area contributed by atoms with E-state index in [-0.39, 0.29) is 10.9 Å². The Morgan fingerprint density at radius 2 is 2.09 bits per heavy atom. The summed E-state index contributed by atoms with van der Waals surface area (Å²) in [5.41, 5.74) is -2.16. The van der Waals surface area contributed by atoms with E-state index in [1.54, 1.807) is 0 Å². The van der Waals surface area contributed by atoms with Crippen LogP contribution >= 0.6 is 0 Å². The lowest BCUT2D eigenvalue weighted by Gasteiger charge is -2.24. The zero-order chi connectivity index (χ0) is 16.1. The van der Waals surface area contributed by atoms with E-state index in [2.05, 4.69) is 5.10 Å². The number of halogens is 4. The predicted molar refractivity (Wildman–Crippen MR) is 69.9 cm³/mol. The molecular formula is C14H14F4N2O2. The average molecular weight is 318 g/mol. The topological polar surface area (TPSA) is 47.3 Å². The van der Waals surface area contributed by atoms with E-state index in [4.69, 9.17) is 4.74 Å². The Hall–Kier alpha value is -1.83. The molecule has 0 spiro atoms. The molecule has 1 N–H and O–H groups in total. The fourth-order valence-electron chi connectivity index (χ4n) is 2.84. The van der Waals surface area contributed by atoms with Gasteiger partial charge in [-0.25, -0.2) is 9.07 Å². The number of hydrogen-bond acceptors (Lipinski definition) is 3. The number of phenolic OH excluding ortho intramolecular Hbond substituents is 1. The van der Waals surface area contributed by atoms with Crippen molar-refractivity contribution in [1.29, 1.82) is 0 Å². The standard InChI is InChI=1S/C14H14F4N2O2/c1-7-10(14(16,17)18)13(21)8-6-19-20(12(8)11(7)15)9-4-2-3-5-22-9/h6,9,21H,2-5H2,1H3. The molecule has 3 rings (SSSR count). The van der Waals surface area contributed by atoms with E-state index in [1.807, 2.05) is 0 Å². The molecule has 0 bridgehead atoms. The second kappa shape index (κ2) is 5.12. The fraction of sp³-hybridized carbons (Fsp3) is 0.500. The van der Waals surface area contributed by atoms with E-state index in [9.17, 15) is 22.7 Å². The molecule has 0 saturated carbocycles. The molecule has 22 heavy (non-hydrogen) atoms. The van der Waals surface area contributed by atoms with E-state index in [0.29, 0.717) is 13.0 Å². The van der Waals surface area contributed by atoms with Gasteiger partial charge in [0.25, 0.3) is 0 Å². The molecule has 1 unspecified atom stereocenters. The Bertz CT molecular complexity index is 718. The van der Waals surface area contributed by atoms with Gasteiger partial charge in [0, 0.05) is 12.2 Å². The first-order chi connectivity index (χ1) is 10.3. The van der Waals surface area contributed by atoms with Gasteiger partial charge in [0.05, 0.1) is 11.6 Å². The lowest BCUT2D eigenvalue weighted by molar-refractivity contribution is -0.139. The number of hydrogen-bond donors (Lipinski definition) is 1. The lowest BCUT2D eigenvalue weighted by Crippen LogP contribution is -2.20. The normalized spacial score (nSPS) is 19.8. The number of alkyl halides is 3. The summed E-state index contributed by atoms with van der Waals surface area (Å²) >= 11 is 0. The molecule has 1 aromatic carbocycles. The van der Waals surface area contributed by atoms with Crippen LogP contribution in [0.25, 0.3) is 10.9 Å². The lowest BCUT2D eigenvalue weighted by atomic mass is 10.0. The van der Waals surface area contributed by atoms with Crippen molar-refractivity contribution in [3.63, 3.8) is 0 Å². The van der Waals surface area contributed by atoms with Gasteiger partial charge in [-0.3, -0.25) is 0 Å². The molecule has 1 aliphatic rings. The first-order valence-corrected chi connectivity index (χ1v) is 6.89. The quantitative estimate of drug-likeness (QED) is 0.811. The van der Waals surface area contributed by atoms with E-state index >= 15 is 0 Å². The number of aromatic nitrogens is 2. The zero-order valence-electron chi connectivity index (χ0n) is 11.7. The van der Waals surface area contributed by atoms with Crippen LogP contribution in [0.15, 0.2) is 6.20 Å². The molecular weight excluding hydrogens is 304 g/mol. The van der Waals surface area contributed by atoms with Crippen LogP contribution in [-0.4, -0.2) is 21.5 Å². The molecule has 0 amide bonds. The number of benzene rings is 1. The van der Waals surface area contributed by atoms with Crippen molar-refractivity contribution < 1.29 is 27.4 Å². The summed E-state index contributed by atoms with van der Waals surface area (Å²) in [4.78, 5) is 0. The van der Waals surface area contributed by atoms with Crippen molar-refractivity contribution in [3.05, 3.63) is 23.1 Å². The van der Waals surface area contributed by atoms with Crippen molar-refractivity contribution >= 4 is 10.9 Å². The third-order valence-corrected chi connectivity index (χ3v) is 3.91. The molecule has 1 saturated heterocycles. The van der Waals surface area contributed by atoms with Crippen LogP contribution in [0.1, 0.15) is 36.6 Å². The SMILES string of the molecule is Cc1c(C(F)(F)F)c(O)c2cnn(C3CCCCO3)c2c1F. The third kappa shape index (κ3) is 2.22. The van der Waals surface area contributed by atoms with Crippen molar-refractivity contribution in [1.82, 2.24) is 9.78 Å². The van der Waals surface area contributed by atoms with Gasteiger partial charge >= 0.3 is 6.18 Å². The first-order valence-electron chi connectivity index (χ1n) is 6.89. The third-order valence-electron chi connectivity index (χ3n) is 3.91. The van der Waals surface area contributed by atoms with Crippen LogP contribution in [0.3, 0.4) is 0 Å². The van der Waals surface area contributed by atoms with E-state index < -0.39 is 35.1 Å². The van der Waals surface area contributed by atoms with Gasteiger partial charge < -0.3 is 9.84 Å². The summed E-state index contributed by atoms with van der Waals surface area (Å²) in [6.07, 6.45) is -2.00. The van der Waals surface area contributed by atoms with Gasteiger partial charge in [0.1, 0.15) is 16.8 Å². The highest BCUT2D eigenvalue weighted by Gasteiger charge is 2.39. The second-order valence-corrected chi connectivity index (χ2v) is 5.33. The minimum Gasteiger partial charge on any atom is -0.507 e. The Morgan fingerprint density at radius 1 is 1.36 bits per heavy atom. The van der Waals surface area contributed by atoms with Crippen LogP contribution in [0.5, 0.6) is 5.75 Å². The van der Waals surface area contributed by atoms with Gasteiger partial charge in [-0.2, -0.15) is 18.3 Å². The Kier molecular flexibility index (Phi) is 3.51. The number of rotatable bonds is 1. The molecule has 0 aliphatic carbocycles. The molecule has 1 atom stereocenters. The van der Waals surface area contributed by atoms with Gasteiger partial charge in [-0.1, -0.05) is 0 Å². The van der Waals surface area contributed by atoms with Gasteiger partial charge in [-0.15, -0.1) is 0 Å². The minimum atomic E-state index is -4.84. The van der Waals surface area contributed by atoms with Gasteiger partial charge in [0.2, 0.25) is 0 Å². The molecule has 0 radical (unpaired) electrons. The Morgan fingerprint density at radius 3 is 2.68 bits per heavy atom. The maximum atomic E-state index is 14.5. The number of phenols is 1. The number of ether oxygens (including phenoxy) is 1. The summed E-state index contributed by atoms with van der Waals surface area (Å²) in [7, 11) is 0.